The zero-order valence-electron chi connectivity index (χ0n) is 12.7. The van der Waals surface area contributed by atoms with Crippen LogP contribution in [0.25, 0.3) is 0 Å². The van der Waals surface area contributed by atoms with Gasteiger partial charge < -0.3 is 10.1 Å². The van der Waals surface area contributed by atoms with Crippen molar-refractivity contribution in [1.29, 1.82) is 0 Å². The molecule has 116 valence electrons. The van der Waals surface area contributed by atoms with Gasteiger partial charge in [-0.25, -0.2) is 0 Å². The Morgan fingerprint density at radius 3 is 2.86 bits per heavy atom. The fraction of sp³-hybridized carbons (Fsp3) is 0.625. The second kappa shape index (κ2) is 7.52. The Morgan fingerprint density at radius 2 is 2.19 bits per heavy atom. The summed E-state index contributed by atoms with van der Waals surface area (Å²) < 4.78 is 5.78. The van der Waals surface area contributed by atoms with E-state index in [9.17, 15) is 10.1 Å². The molecular weight excluding hydrogens is 268 g/mol. The van der Waals surface area contributed by atoms with Crippen molar-refractivity contribution >= 4 is 5.69 Å². The van der Waals surface area contributed by atoms with E-state index in [4.69, 9.17) is 4.74 Å². The maximum atomic E-state index is 11.2. The zero-order chi connectivity index (χ0) is 15.2. The molecule has 3 unspecified atom stereocenters. The van der Waals surface area contributed by atoms with E-state index < -0.39 is 0 Å². The molecule has 2 rings (SSSR count). The van der Waals surface area contributed by atoms with Gasteiger partial charge >= 0.3 is 0 Å². The second-order valence-corrected chi connectivity index (χ2v) is 5.52. The molecule has 1 N–H and O–H groups in total. The molecule has 0 spiro atoms. The Hall–Kier alpha value is -1.46. The fourth-order valence-electron chi connectivity index (χ4n) is 3.28. The van der Waals surface area contributed by atoms with Crippen LogP contribution in [-0.4, -0.2) is 30.2 Å². The first-order chi connectivity index (χ1) is 10.2. The topological polar surface area (TPSA) is 64.4 Å². The Bertz CT molecular complexity index is 478. The highest BCUT2D eigenvalue weighted by atomic mass is 16.6. The molecule has 0 radical (unpaired) electrons. The number of nitro benzene ring substituents is 1. The Morgan fingerprint density at radius 1 is 1.43 bits per heavy atom. The molecule has 3 atom stereocenters. The van der Waals surface area contributed by atoms with Gasteiger partial charge in [0.25, 0.3) is 5.69 Å². The van der Waals surface area contributed by atoms with Gasteiger partial charge in [-0.05, 0) is 25.8 Å². The first-order valence-corrected chi connectivity index (χ1v) is 7.74. The van der Waals surface area contributed by atoms with Gasteiger partial charge in [-0.2, -0.15) is 0 Å². The zero-order valence-corrected chi connectivity index (χ0v) is 12.7. The van der Waals surface area contributed by atoms with E-state index in [1.165, 1.54) is 0 Å². The summed E-state index contributed by atoms with van der Waals surface area (Å²) in [6.07, 6.45) is 2.95. The molecule has 0 saturated carbocycles. The van der Waals surface area contributed by atoms with Crippen molar-refractivity contribution in [2.45, 2.75) is 45.3 Å². The maximum absolute atomic E-state index is 11.2. The molecule has 0 bridgehead atoms. The quantitative estimate of drug-likeness (QED) is 0.620. The van der Waals surface area contributed by atoms with Crippen molar-refractivity contribution in [3.05, 3.63) is 39.9 Å². The highest BCUT2D eigenvalue weighted by molar-refractivity contribution is 5.40. The van der Waals surface area contributed by atoms with E-state index in [2.05, 4.69) is 19.2 Å². The van der Waals surface area contributed by atoms with E-state index >= 15 is 0 Å². The second-order valence-electron chi connectivity index (χ2n) is 5.52. The Labute approximate surface area is 125 Å². The summed E-state index contributed by atoms with van der Waals surface area (Å²) >= 11 is 0. The van der Waals surface area contributed by atoms with Crippen LogP contribution in [0.15, 0.2) is 24.3 Å². The third-order valence-corrected chi connectivity index (χ3v) is 4.27. The molecule has 0 aromatic heterocycles. The van der Waals surface area contributed by atoms with Crippen LogP contribution in [0.1, 0.15) is 32.3 Å². The largest absolute Gasteiger partial charge is 0.378 e. The van der Waals surface area contributed by atoms with E-state index in [1.807, 2.05) is 12.1 Å². The van der Waals surface area contributed by atoms with Crippen molar-refractivity contribution in [3.8, 4) is 0 Å². The smallest absolute Gasteiger partial charge is 0.272 e. The van der Waals surface area contributed by atoms with Gasteiger partial charge in [0, 0.05) is 30.2 Å². The fourth-order valence-corrected chi connectivity index (χ4v) is 3.28. The summed E-state index contributed by atoms with van der Waals surface area (Å²) in [5, 5.41) is 14.7. The SMILES string of the molecule is CCNC(Cc1ccccc1[N+](=O)[O-])C1CCOC1CC. The van der Waals surface area contributed by atoms with Crippen molar-refractivity contribution in [2.24, 2.45) is 5.92 Å². The molecule has 1 aliphatic heterocycles. The van der Waals surface area contributed by atoms with Crippen molar-refractivity contribution in [3.63, 3.8) is 0 Å². The number of hydrogen-bond donors (Lipinski definition) is 1. The van der Waals surface area contributed by atoms with Crippen LogP contribution < -0.4 is 5.32 Å². The summed E-state index contributed by atoms with van der Waals surface area (Å²) in [7, 11) is 0. The molecule has 21 heavy (non-hydrogen) atoms. The first-order valence-electron chi connectivity index (χ1n) is 7.74. The van der Waals surface area contributed by atoms with Crippen LogP contribution in [0.4, 0.5) is 5.69 Å². The Kier molecular flexibility index (Phi) is 5.70. The van der Waals surface area contributed by atoms with E-state index in [-0.39, 0.29) is 22.8 Å². The van der Waals surface area contributed by atoms with Crippen molar-refractivity contribution in [2.75, 3.05) is 13.2 Å². The van der Waals surface area contributed by atoms with Gasteiger partial charge in [0.2, 0.25) is 0 Å². The lowest BCUT2D eigenvalue weighted by molar-refractivity contribution is -0.385. The molecular formula is C16H24N2O3. The minimum absolute atomic E-state index is 0.215. The number of nitro groups is 1. The number of rotatable bonds is 7. The standard InChI is InChI=1S/C16H24N2O3/c1-3-16-13(9-10-21-16)14(17-4-2)11-12-7-5-6-8-15(12)18(19)20/h5-8,13-14,16-17H,3-4,9-11H2,1-2H3. The molecule has 1 aliphatic rings. The van der Waals surface area contributed by atoms with Gasteiger partial charge in [0.05, 0.1) is 11.0 Å². The summed E-state index contributed by atoms with van der Waals surface area (Å²) in [5.41, 5.74) is 1.02. The van der Waals surface area contributed by atoms with Crippen LogP contribution in [0.2, 0.25) is 0 Å². The predicted octanol–water partition coefficient (Wildman–Crippen LogP) is 2.93. The van der Waals surface area contributed by atoms with Gasteiger partial charge in [-0.3, -0.25) is 10.1 Å². The average Bonchev–Trinajstić information content (AvgIpc) is 2.95. The van der Waals surface area contributed by atoms with Gasteiger partial charge in [0.15, 0.2) is 0 Å². The van der Waals surface area contributed by atoms with Crippen LogP contribution >= 0.6 is 0 Å². The van der Waals surface area contributed by atoms with Crippen LogP contribution in [0.3, 0.4) is 0 Å². The lowest BCUT2D eigenvalue weighted by Crippen LogP contribution is -2.41. The minimum Gasteiger partial charge on any atom is -0.378 e. The summed E-state index contributed by atoms with van der Waals surface area (Å²) in [4.78, 5) is 10.9. The number of benzene rings is 1. The molecule has 1 saturated heterocycles. The summed E-state index contributed by atoms with van der Waals surface area (Å²) in [6, 6.07) is 7.26. The molecule has 1 aromatic carbocycles. The number of ether oxygens (including phenoxy) is 1. The lowest BCUT2D eigenvalue weighted by Gasteiger charge is -2.28. The van der Waals surface area contributed by atoms with E-state index in [0.717, 1.165) is 31.6 Å². The summed E-state index contributed by atoms with van der Waals surface area (Å²) in [6.45, 7) is 5.86. The van der Waals surface area contributed by atoms with Gasteiger partial charge in [0.1, 0.15) is 0 Å². The minimum atomic E-state index is -0.291. The molecule has 1 heterocycles. The average molecular weight is 292 g/mol. The molecule has 0 aliphatic carbocycles. The highest BCUT2D eigenvalue weighted by Crippen LogP contribution is 2.30. The number of nitrogens with one attached hydrogen (secondary N) is 1. The highest BCUT2D eigenvalue weighted by Gasteiger charge is 2.34. The third-order valence-electron chi connectivity index (χ3n) is 4.27. The van der Waals surface area contributed by atoms with E-state index in [0.29, 0.717) is 12.3 Å². The molecule has 1 fully saturated rings. The van der Waals surface area contributed by atoms with Gasteiger partial charge in [-0.15, -0.1) is 0 Å². The van der Waals surface area contributed by atoms with Gasteiger partial charge in [-0.1, -0.05) is 32.0 Å². The molecule has 5 heteroatoms. The summed E-state index contributed by atoms with van der Waals surface area (Å²) in [5.74, 6) is 0.426. The number of hydrogen-bond acceptors (Lipinski definition) is 4. The van der Waals surface area contributed by atoms with Crippen LogP contribution in [0.5, 0.6) is 0 Å². The molecule has 1 aromatic rings. The van der Waals surface area contributed by atoms with E-state index in [1.54, 1.807) is 12.1 Å². The number of nitrogens with zero attached hydrogens (tertiary/aromatic N) is 1. The monoisotopic (exact) mass is 292 g/mol. The maximum Gasteiger partial charge on any atom is 0.272 e. The van der Waals surface area contributed by atoms with Crippen molar-refractivity contribution in [1.82, 2.24) is 5.32 Å². The normalized spacial score (nSPS) is 23.1. The molecule has 0 amide bonds. The molecule has 5 nitrogen and oxygen atoms in total. The lowest BCUT2D eigenvalue weighted by atomic mass is 9.87. The third kappa shape index (κ3) is 3.80. The van der Waals surface area contributed by atoms with Crippen LogP contribution in [0, 0.1) is 16.0 Å². The number of para-hydroxylation sites is 1. The van der Waals surface area contributed by atoms with Crippen molar-refractivity contribution < 1.29 is 9.66 Å². The Balaban J connectivity index is 2.18. The van der Waals surface area contributed by atoms with Crippen LogP contribution in [-0.2, 0) is 11.2 Å². The first kappa shape index (κ1) is 15.9. The predicted molar refractivity (Wildman–Crippen MR) is 82.4 cm³/mol. The number of likely N-dealkylation sites (N-methyl/N-ethyl adjacent to an activating group) is 1.